The van der Waals surface area contributed by atoms with Crippen molar-refractivity contribution in [3.63, 3.8) is 0 Å². The van der Waals surface area contributed by atoms with Gasteiger partial charge >= 0.3 is 0 Å². The van der Waals surface area contributed by atoms with Crippen LogP contribution in [-0.2, 0) is 0 Å². The van der Waals surface area contributed by atoms with E-state index in [0.29, 0.717) is 5.41 Å². The summed E-state index contributed by atoms with van der Waals surface area (Å²) in [6.45, 7) is 4.80. The van der Waals surface area contributed by atoms with E-state index < -0.39 is 0 Å². The molecule has 0 nitrogen and oxygen atoms in total. The first kappa shape index (κ1) is 11.6. The van der Waals surface area contributed by atoms with Gasteiger partial charge in [-0.15, -0.1) is 0 Å². The summed E-state index contributed by atoms with van der Waals surface area (Å²) in [5.74, 6) is 2.43. The SMILES string of the molecule is CC(C)C12CCC(C1)[C@@H](c1ccccc1Cl)C2. The van der Waals surface area contributed by atoms with Crippen molar-refractivity contribution in [2.45, 2.75) is 45.4 Å². The molecule has 0 aliphatic heterocycles. The van der Waals surface area contributed by atoms with Crippen LogP contribution < -0.4 is 0 Å². The molecular weight excluding hydrogens is 228 g/mol. The molecule has 2 bridgehead atoms. The average molecular weight is 249 g/mol. The van der Waals surface area contributed by atoms with Crippen LogP contribution in [0.5, 0.6) is 0 Å². The monoisotopic (exact) mass is 248 g/mol. The second-order valence-electron chi connectivity index (χ2n) is 6.35. The van der Waals surface area contributed by atoms with Gasteiger partial charge in [-0.1, -0.05) is 43.6 Å². The van der Waals surface area contributed by atoms with E-state index in [1.807, 2.05) is 12.1 Å². The minimum absolute atomic E-state index is 0.620. The van der Waals surface area contributed by atoms with E-state index in [0.717, 1.165) is 22.8 Å². The number of hydrogen-bond acceptors (Lipinski definition) is 0. The summed E-state index contributed by atoms with van der Waals surface area (Å²) in [7, 11) is 0. The van der Waals surface area contributed by atoms with E-state index in [1.165, 1.54) is 31.2 Å². The lowest BCUT2D eigenvalue weighted by atomic mass is 9.71. The number of fused-ring (bicyclic) bond motifs is 2. The maximum absolute atomic E-state index is 6.37. The van der Waals surface area contributed by atoms with E-state index in [1.54, 1.807) is 0 Å². The van der Waals surface area contributed by atoms with Gasteiger partial charge < -0.3 is 0 Å². The van der Waals surface area contributed by atoms with Crippen molar-refractivity contribution in [3.8, 4) is 0 Å². The van der Waals surface area contributed by atoms with Gasteiger partial charge in [-0.3, -0.25) is 0 Å². The zero-order chi connectivity index (χ0) is 12.0. The highest BCUT2D eigenvalue weighted by Crippen LogP contribution is 2.63. The van der Waals surface area contributed by atoms with Gasteiger partial charge in [0.15, 0.2) is 0 Å². The molecule has 2 aliphatic carbocycles. The fourth-order valence-corrected chi connectivity index (χ4v) is 4.51. The van der Waals surface area contributed by atoms with E-state index in [2.05, 4.69) is 26.0 Å². The molecule has 1 aromatic rings. The Morgan fingerprint density at radius 1 is 1.24 bits per heavy atom. The molecule has 92 valence electrons. The molecule has 0 aromatic heterocycles. The standard InChI is InChI=1S/C16H21Cl/c1-11(2)16-8-7-12(9-16)14(10-16)13-5-3-4-6-15(13)17/h3-6,11-12,14H,7-10H2,1-2H3/t12?,14-,16?/m0/s1. The predicted octanol–water partition coefficient (Wildman–Crippen LogP) is 5.27. The minimum Gasteiger partial charge on any atom is -0.0840 e. The van der Waals surface area contributed by atoms with E-state index in [9.17, 15) is 0 Å². The van der Waals surface area contributed by atoms with E-state index in [-0.39, 0.29) is 0 Å². The predicted molar refractivity (Wildman–Crippen MR) is 73.4 cm³/mol. The highest BCUT2D eigenvalue weighted by Gasteiger charge is 2.52. The summed E-state index contributed by atoms with van der Waals surface area (Å²) < 4.78 is 0. The first-order chi connectivity index (χ1) is 8.12. The van der Waals surface area contributed by atoms with Crippen molar-refractivity contribution in [3.05, 3.63) is 34.9 Å². The van der Waals surface area contributed by atoms with Crippen molar-refractivity contribution < 1.29 is 0 Å². The van der Waals surface area contributed by atoms with Crippen LogP contribution in [0.25, 0.3) is 0 Å². The summed E-state index contributed by atoms with van der Waals surface area (Å²) in [4.78, 5) is 0. The number of benzene rings is 1. The second kappa shape index (κ2) is 4.02. The molecule has 1 aromatic carbocycles. The van der Waals surface area contributed by atoms with Gasteiger partial charge in [0.1, 0.15) is 0 Å². The van der Waals surface area contributed by atoms with Crippen molar-refractivity contribution in [2.75, 3.05) is 0 Å². The lowest BCUT2D eigenvalue weighted by Crippen LogP contribution is -2.23. The fourth-order valence-electron chi connectivity index (χ4n) is 4.23. The highest BCUT2D eigenvalue weighted by atomic mass is 35.5. The first-order valence-electron chi connectivity index (χ1n) is 6.87. The topological polar surface area (TPSA) is 0 Å². The Bertz CT molecular complexity index is 423. The summed E-state index contributed by atoms with van der Waals surface area (Å²) in [6, 6.07) is 8.46. The molecule has 17 heavy (non-hydrogen) atoms. The molecular formula is C16H21Cl. The molecule has 1 heteroatoms. The van der Waals surface area contributed by atoms with Crippen molar-refractivity contribution in [1.82, 2.24) is 0 Å². The lowest BCUT2D eigenvalue weighted by Gasteiger charge is -2.34. The number of hydrogen-bond donors (Lipinski definition) is 0. The van der Waals surface area contributed by atoms with Crippen LogP contribution >= 0.6 is 11.6 Å². The Hall–Kier alpha value is -0.490. The van der Waals surface area contributed by atoms with Crippen LogP contribution in [0.3, 0.4) is 0 Å². The van der Waals surface area contributed by atoms with Gasteiger partial charge in [0, 0.05) is 5.02 Å². The molecule has 3 rings (SSSR count). The lowest BCUT2D eigenvalue weighted by molar-refractivity contribution is 0.191. The van der Waals surface area contributed by atoms with E-state index >= 15 is 0 Å². The van der Waals surface area contributed by atoms with Crippen LogP contribution in [0.2, 0.25) is 5.02 Å². The minimum atomic E-state index is 0.620. The molecule has 0 N–H and O–H groups in total. The Morgan fingerprint density at radius 2 is 2.00 bits per heavy atom. The van der Waals surface area contributed by atoms with Gasteiger partial charge in [-0.25, -0.2) is 0 Å². The van der Waals surface area contributed by atoms with Gasteiger partial charge in [-0.05, 0) is 60.5 Å². The molecule has 3 atom stereocenters. The number of rotatable bonds is 2. The van der Waals surface area contributed by atoms with Crippen molar-refractivity contribution in [2.24, 2.45) is 17.3 Å². The highest BCUT2D eigenvalue weighted by molar-refractivity contribution is 6.31. The maximum atomic E-state index is 6.37. The van der Waals surface area contributed by atoms with Crippen molar-refractivity contribution in [1.29, 1.82) is 0 Å². The Labute approximate surface area is 109 Å². The Kier molecular flexibility index (Phi) is 2.74. The third-order valence-corrected chi connectivity index (χ3v) is 5.75. The molecule has 0 amide bonds. The zero-order valence-corrected chi connectivity index (χ0v) is 11.5. The second-order valence-corrected chi connectivity index (χ2v) is 6.76. The third-order valence-electron chi connectivity index (χ3n) is 5.41. The molecule has 2 fully saturated rings. The van der Waals surface area contributed by atoms with Crippen LogP contribution in [0, 0.1) is 17.3 Å². The van der Waals surface area contributed by atoms with Crippen LogP contribution in [0.1, 0.15) is 51.0 Å². The maximum Gasteiger partial charge on any atom is 0.0440 e. The van der Waals surface area contributed by atoms with Gasteiger partial charge in [0.2, 0.25) is 0 Å². The summed E-state index contributed by atoms with van der Waals surface area (Å²) in [5, 5.41) is 0.976. The Balaban J connectivity index is 1.91. The molecule has 2 unspecified atom stereocenters. The molecule has 0 heterocycles. The molecule has 2 saturated carbocycles. The normalized spacial score (nSPS) is 35.8. The van der Waals surface area contributed by atoms with Gasteiger partial charge in [0.05, 0.1) is 0 Å². The van der Waals surface area contributed by atoms with Gasteiger partial charge in [0.25, 0.3) is 0 Å². The quantitative estimate of drug-likeness (QED) is 0.669. The molecule has 2 aliphatic rings. The van der Waals surface area contributed by atoms with Gasteiger partial charge in [-0.2, -0.15) is 0 Å². The summed E-state index contributed by atoms with van der Waals surface area (Å²) in [6.07, 6.45) is 5.64. The van der Waals surface area contributed by atoms with Crippen LogP contribution in [-0.4, -0.2) is 0 Å². The summed E-state index contributed by atoms with van der Waals surface area (Å²) in [5.41, 5.74) is 2.02. The van der Waals surface area contributed by atoms with Crippen molar-refractivity contribution >= 4 is 11.6 Å². The zero-order valence-electron chi connectivity index (χ0n) is 10.7. The molecule has 0 saturated heterocycles. The van der Waals surface area contributed by atoms with Crippen LogP contribution in [0.15, 0.2) is 24.3 Å². The van der Waals surface area contributed by atoms with E-state index in [4.69, 9.17) is 11.6 Å². The third kappa shape index (κ3) is 1.73. The Morgan fingerprint density at radius 3 is 2.65 bits per heavy atom. The largest absolute Gasteiger partial charge is 0.0840 e. The summed E-state index contributed by atoms with van der Waals surface area (Å²) >= 11 is 6.37. The molecule has 0 radical (unpaired) electrons. The first-order valence-corrected chi connectivity index (χ1v) is 7.25. The molecule has 0 spiro atoms. The fraction of sp³-hybridized carbons (Fsp3) is 0.625. The van der Waals surface area contributed by atoms with Crippen LogP contribution in [0.4, 0.5) is 0 Å². The smallest absolute Gasteiger partial charge is 0.0440 e. The number of halogens is 1. The average Bonchev–Trinajstić information content (AvgIpc) is 2.88.